The van der Waals surface area contributed by atoms with Crippen LogP contribution in [0.15, 0.2) is 18.2 Å². The van der Waals surface area contributed by atoms with E-state index in [9.17, 15) is 4.79 Å². The van der Waals surface area contributed by atoms with Gasteiger partial charge in [-0.05, 0) is 44.9 Å². The lowest BCUT2D eigenvalue weighted by atomic mass is 9.95. The van der Waals surface area contributed by atoms with Crippen molar-refractivity contribution in [3.63, 3.8) is 0 Å². The molecule has 21 heavy (non-hydrogen) atoms. The van der Waals surface area contributed by atoms with Crippen LogP contribution in [-0.4, -0.2) is 22.1 Å². The molecule has 0 spiro atoms. The number of carbonyl (C=O) groups excluding carboxylic acids is 1. The molecular formula is C17H22N2O2. The lowest BCUT2D eigenvalue weighted by Crippen LogP contribution is -2.14. The van der Waals surface area contributed by atoms with Gasteiger partial charge in [0.05, 0.1) is 23.2 Å². The average Bonchev–Trinajstić information content (AvgIpc) is 2.83. The Bertz CT molecular complexity index is 654. The largest absolute Gasteiger partial charge is 0.462 e. The van der Waals surface area contributed by atoms with E-state index in [-0.39, 0.29) is 5.97 Å². The van der Waals surface area contributed by atoms with Crippen LogP contribution in [0.2, 0.25) is 0 Å². The molecule has 1 fully saturated rings. The number of ether oxygens (including phenoxy) is 1. The SMILES string of the molecule is CCOC(=O)c1ccc2c(c1)nc(C)n2C1CCCCC1. The van der Waals surface area contributed by atoms with Gasteiger partial charge in [0.2, 0.25) is 0 Å². The van der Waals surface area contributed by atoms with E-state index >= 15 is 0 Å². The number of esters is 1. The van der Waals surface area contributed by atoms with E-state index in [0.717, 1.165) is 16.9 Å². The van der Waals surface area contributed by atoms with Gasteiger partial charge in [-0.25, -0.2) is 9.78 Å². The molecule has 1 saturated carbocycles. The van der Waals surface area contributed by atoms with Gasteiger partial charge in [-0.1, -0.05) is 19.3 Å². The second-order valence-electron chi connectivity index (χ2n) is 5.74. The van der Waals surface area contributed by atoms with E-state index in [0.29, 0.717) is 18.2 Å². The zero-order chi connectivity index (χ0) is 14.8. The van der Waals surface area contributed by atoms with Crippen molar-refractivity contribution in [1.82, 2.24) is 9.55 Å². The standard InChI is InChI=1S/C17H22N2O2/c1-3-21-17(20)13-9-10-16-15(11-13)18-12(2)19(16)14-7-5-4-6-8-14/h9-11,14H,3-8H2,1-2H3. The molecule has 3 rings (SSSR count). The molecule has 0 saturated heterocycles. The highest BCUT2D eigenvalue weighted by Crippen LogP contribution is 2.32. The first kappa shape index (κ1) is 14.1. The summed E-state index contributed by atoms with van der Waals surface area (Å²) >= 11 is 0. The Balaban J connectivity index is 1.99. The first-order valence-electron chi connectivity index (χ1n) is 7.86. The molecule has 4 nitrogen and oxygen atoms in total. The highest BCUT2D eigenvalue weighted by Gasteiger charge is 2.20. The summed E-state index contributed by atoms with van der Waals surface area (Å²) in [6.45, 7) is 4.27. The Hall–Kier alpha value is -1.84. The summed E-state index contributed by atoms with van der Waals surface area (Å²) in [7, 11) is 0. The van der Waals surface area contributed by atoms with Gasteiger partial charge in [0.1, 0.15) is 5.82 Å². The fourth-order valence-corrected chi connectivity index (χ4v) is 3.36. The summed E-state index contributed by atoms with van der Waals surface area (Å²) in [5.74, 6) is 0.766. The number of hydrogen-bond donors (Lipinski definition) is 0. The Morgan fingerprint density at radius 1 is 1.33 bits per heavy atom. The van der Waals surface area contributed by atoms with E-state index in [1.165, 1.54) is 32.1 Å². The topological polar surface area (TPSA) is 44.1 Å². The minimum absolute atomic E-state index is 0.274. The number of rotatable bonds is 3. The summed E-state index contributed by atoms with van der Waals surface area (Å²) in [6, 6.07) is 6.26. The number of hydrogen-bond acceptors (Lipinski definition) is 3. The van der Waals surface area contributed by atoms with Gasteiger partial charge in [0.15, 0.2) is 0 Å². The quantitative estimate of drug-likeness (QED) is 0.800. The van der Waals surface area contributed by atoms with Crippen molar-refractivity contribution in [3.8, 4) is 0 Å². The molecule has 1 aromatic heterocycles. The molecule has 1 aromatic carbocycles. The van der Waals surface area contributed by atoms with Crippen LogP contribution in [0.25, 0.3) is 11.0 Å². The Morgan fingerprint density at radius 3 is 2.81 bits per heavy atom. The van der Waals surface area contributed by atoms with Crippen LogP contribution in [0, 0.1) is 6.92 Å². The number of fused-ring (bicyclic) bond motifs is 1. The van der Waals surface area contributed by atoms with Crippen LogP contribution < -0.4 is 0 Å². The van der Waals surface area contributed by atoms with Gasteiger partial charge >= 0.3 is 5.97 Å². The summed E-state index contributed by atoms with van der Waals surface area (Å²) < 4.78 is 7.41. The minimum Gasteiger partial charge on any atom is -0.462 e. The number of imidazole rings is 1. The Labute approximate surface area is 125 Å². The minimum atomic E-state index is -0.274. The normalized spacial score (nSPS) is 16.3. The van der Waals surface area contributed by atoms with Gasteiger partial charge in [-0.3, -0.25) is 0 Å². The molecule has 4 heteroatoms. The first-order chi connectivity index (χ1) is 10.2. The van der Waals surface area contributed by atoms with Crippen LogP contribution in [-0.2, 0) is 4.74 Å². The average molecular weight is 286 g/mol. The molecule has 0 atom stereocenters. The first-order valence-corrected chi connectivity index (χ1v) is 7.86. The van der Waals surface area contributed by atoms with Crippen LogP contribution in [0.5, 0.6) is 0 Å². The van der Waals surface area contributed by atoms with Crippen molar-refractivity contribution < 1.29 is 9.53 Å². The fraction of sp³-hybridized carbons (Fsp3) is 0.529. The number of benzene rings is 1. The Morgan fingerprint density at radius 2 is 2.10 bits per heavy atom. The van der Waals surface area contributed by atoms with Gasteiger partial charge in [-0.15, -0.1) is 0 Å². The molecule has 2 aromatic rings. The lowest BCUT2D eigenvalue weighted by molar-refractivity contribution is 0.0526. The van der Waals surface area contributed by atoms with Crippen LogP contribution >= 0.6 is 0 Å². The van der Waals surface area contributed by atoms with Gasteiger partial charge in [0.25, 0.3) is 0 Å². The zero-order valence-electron chi connectivity index (χ0n) is 12.8. The molecule has 0 aliphatic heterocycles. The molecule has 0 bridgehead atoms. The van der Waals surface area contributed by atoms with Crippen molar-refractivity contribution >= 4 is 17.0 Å². The predicted octanol–water partition coefficient (Wildman–Crippen LogP) is 4.03. The zero-order valence-corrected chi connectivity index (χ0v) is 12.8. The van der Waals surface area contributed by atoms with Crippen molar-refractivity contribution in [2.75, 3.05) is 6.61 Å². The maximum absolute atomic E-state index is 11.8. The highest BCUT2D eigenvalue weighted by molar-refractivity contribution is 5.93. The molecule has 0 N–H and O–H groups in total. The van der Waals surface area contributed by atoms with E-state index in [1.807, 2.05) is 25.1 Å². The van der Waals surface area contributed by atoms with Gasteiger partial charge < -0.3 is 9.30 Å². The second kappa shape index (κ2) is 5.88. The van der Waals surface area contributed by atoms with E-state index < -0.39 is 0 Å². The number of carbonyl (C=O) groups is 1. The van der Waals surface area contributed by atoms with E-state index in [2.05, 4.69) is 16.5 Å². The number of aryl methyl sites for hydroxylation is 1. The second-order valence-corrected chi connectivity index (χ2v) is 5.74. The van der Waals surface area contributed by atoms with Crippen LogP contribution in [0.3, 0.4) is 0 Å². The molecular weight excluding hydrogens is 264 g/mol. The van der Waals surface area contributed by atoms with Gasteiger partial charge in [0, 0.05) is 6.04 Å². The lowest BCUT2D eigenvalue weighted by Gasteiger charge is -2.25. The molecule has 0 unspecified atom stereocenters. The van der Waals surface area contributed by atoms with Gasteiger partial charge in [-0.2, -0.15) is 0 Å². The monoisotopic (exact) mass is 286 g/mol. The molecule has 1 aliphatic rings. The molecule has 0 amide bonds. The molecule has 112 valence electrons. The van der Waals surface area contributed by atoms with Crippen molar-refractivity contribution in [2.24, 2.45) is 0 Å². The highest BCUT2D eigenvalue weighted by atomic mass is 16.5. The predicted molar refractivity (Wildman–Crippen MR) is 82.5 cm³/mol. The third-order valence-corrected chi connectivity index (χ3v) is 4.32. The molecule has 1 aliphatic carbocycles. The van der Waals surface area contributed by atoms with Crippen molar-refractivity contribution in [3.05, 3.63) is 29.6 Å². The van der Waals surface area contributed by atoms with E-state index in [4.69, 9.17) is 4.74 Å². The summed E-state index contributed by atoms with van der Waals surface area (Å²) in [5.41, 5.74) is 2.61. The maximum atomic E-state index is 11.8. The van der Waals surface area contributed by atoms with E-state index in [1.54, 1.807) is 0 Å². The number of aromatic nitrogens is 2. The molecule has 0 radical (unpaired) electrons. The third kappa shape index (κ3) is 2.67. The van der Waals surface area contributed by atoms with Crippen molar-refractivity contribution in [2.45, 2.75) is 52.0 Å². The van der Waals surface area contributed by atoms with Crippen LogP contribution in [0.4, 0.5) is 0 Å². The smallest absolute Gasteiger partial charge is 0.338 e. The van der Waals surface area contributed by atoms with Crippen LogP contribution in [0.1, 0.15) is 61.3 Å². The maximum Gasteiger partial charge on any atom is 0.338 e. The third-order valence-electron chi connectivity index (χ3n) is 4.32. The number of nitrogens with zero attached hydrogens (tertiary/aromatic N) is 2. The summed E-state index contributed by atoms with van der Waals surface area (Å²) in [6.07, 6.45) is 6.39. The Kier molecular flexibility index (Phi) is 3.95. The summed E-state index contributed by atoms with van der Waals surface area (Å²) in [4.78, 5) is 16.5. The summed E-state index contributed by atoms with van der Waals surface area (Å²) in [5, 5.41) is 0. The fourth-order valence-electron chi connectivity index (χ4n) is 3.36. The molecule has 1 heterocycles. The van der Waals surface area contributed by atoms with Crippen molar-refractivity contribution in [1.29, 1.82) is 0 Å².